The maximum absolute atomic E-state index is 5.32. The van der Waals surface area contributed by atoms with E-state index in [1.807, 2.05) is 26.4 Å². The van der Waals surface area contributed by atoms with Crippen LogP contribution in [-0.2, 0) is 11.3 Å². The SMILES string of the molecule is CCOCCN(C)c1cnc(CNC2CC2)cn1. The van der Waals surface area contributed by atoms with Gasteiger partial charge in [0, 0.05) is 32.8 Å². The first-order valence-electron chi connectivity index (χ1n) is 6.62. The zero-order chi connectivity index (χ0) is 12.8. The molecule has 1 aliphatic carbocycles. The molecule has 1 heterocycles. The van der Waals surface area contributed by atoms with Gasteiger partial charge in [0.2, 0.25) is 0 Å². The van der Waals surface area contributed by atoms with Crippen LogP contribution in [0.2, 0.25) is 0 Å². The van der Waals surface area contributed by atoms with Crippen molar-refractivity contribution in [3.63, 3.8) is 0 Å². The molecular formula is C13H22N4O. The summed E-state index contributed by atoms with van der Waals surface area (Å²) in [5, 5.41) is 3.43. The Hall–Kier alpha value is -1.20. The third-order valence-corrected chi connectivity index (χ3v) is 3.01. The van der Waals surface area contributed by atoms with Crippen molar-refractivity contribution in [2.75, 3.05) is 31.7 Å². The Morgan fingerprint density at radius 3 is 2.83 bits per heavy atom. The van der Waals surface area contributed by atoms with E-state index in [-0.39, 0.29) is 0 Å². The minimum Gasteiger partial charge on any atom is -0.380 e. The summed E-state index contributed by atoms with van der Waals surface area (Å²) in [4.78, 5) is 10.9. The first-order chi connectivity index (χ1) is 8.79. The van der Waals surface area contributed by atoms with E-state index >= 15 is 0 Å². The maximum atomic E-state index is 5.32. The van der Waals surface area contributed by atoms with Gasteiger partial charge in [-0.2, -0.15) is 0 Å². The fourth-order valence-corrected chi connectivity index (χ4v) is 1.63. The van der Waals surface area contributed by atoms with Crippen LogP contribution in [0.5, 0.6) is 0 Å². The van der Waals surface area contributed by atoms with Gasteiger partial charge >= 0.3 is 0 Å². The molecule has 0 aliphatic heterocycles. The summed E-state index contributed by atoms with van der Waals surface area (Å²) in [6.07, 6.45) is 6.27. The lowest BCUT2D eigenvalue weighted by Crippen LogP contribution is -2.24. The van der Waals surface area contributed by atoms with Crippen molar-refractivity contribution >= 4 is 5.82 Å². The fraction of sp³-hybridized carbons (Fsp3) is 0.692. The lowest BCUT2D eigenvalue weighted by Gasteiger charge is -2.17. The molecule has 100 valence electrons. The van der Waals surface area contributed by atoms with Gasteiger partial charge in [0.15, 0.2) is 0 Å². The second-order valence-electron chi connectivity index (χ2n) is 4.64. The molecule has 0 radical (unpaired) electrons. The summed E-state index contributed by atoms with van der Waals surface area (Å²) < 4.78 is 5.32. The van der Waals surface area contributed by atoms with E-state index in [9.17, 15) is 0 Å². The Morgan fingerprint density at radius 1 is 1.39 bits per heavy atom. The van der Waals surface area contributed by atoms with Gasteiger partial charge in [-0.1, -0.05) is 0 Å². The normalized spacial score (nSPS) is 14.8. The zero-order valence-corrected chi connectivity index (χ0v) is 11.2. The first kappa shape index (κ1) is 13.2. The highest BCUT2D eigenvalue weighted by Crippen LogP contribution is 2.19. The monoisotopic (exact) mass is 250 g/mol. The van der Waals surface area contributed by atoms with Crippen LogP contribution in [0.1, 0.15) is 25.5 Å². The van der Waals surface area contributed by atoms with Gasteiger partial charge in [0.1, 0.15) is 5.82 Å². The van der Waals surface area contributed by atoms with Crippen LogP contribution in [0.25, 0.3) is 0 Å². The van der Waals surface area contributed by atoms with Crippen molar-refractivity contribution in [3.8, 4) is 0 Å². The molecule has 18 heavy (non-hydrogen) atoms. The lowest BCUT2D eigenvalue weighted by atomic mass is 10.4. The molecule has 1 fully saturated rings. The van der Waals surface area contributed by atoms with Gasteiger partial charge in [-0.05, 0) is 19.8 Å². The standard InChI is InChI=1S/C13H22N4O/c1-3-18-7-6-17(2)13-10-15-12(9-16-13)8-14-11-4-5-11/h9-11,14H,3-8H2,1-2H3. The van der Waals surface area contributed by atoms with E-state index < -0.39 is 0 Å². The van der Waals surface area contributed by atoms with E-state index in [4.69, 9.17) is 4.74 Å². The quantitative estimate of drug-likeness (QED) is 0.703. The topological polar surface area (TPSA) is 50.3 Å². The van der Waals surface area contributed by atoms with Gasteiger partial charge in [-0.15, -0.1) is 0 Å². The minimum absolute atomic E-state index is 0.709. The van der Waals surface area contributed by atoms with Gasteiger partial charge in [0.25, 0.3) is 0 Å². The number of nitrogens with zero attached hydrogens (tertiary/aromatic N) is 3. The molecule has 0 unspecified atom stereocenters. The molecule has 0 saturated heterocycles. The summed E-state index contributed by atoms with van der Waals surface area (Å²) in [7, 11) is 2.01. The highest BCUT2D eigenvalue weighted by molar-refractivity contribution is 5.34. The molecule has 0 spiro atoms. The van der Waals surface area contributed by atoms with Crippen LogP contribution in [0.3, 0.4) is 0 Å². The summed E-state index contributed by atoms with van der Waals surface area (Å²) in [5.41, 5.74) is 1.00. The van der Waals surface area contributed by atoms with Crippen LogP contribution in [-0.4, -0.2) is 42.8 Å². The molecule has 0 bridgehead atoms. The average Bonchev–Trinajstić information content (AvgIpc) is 3.21. The number of hydrogen-bond donors (Lipinski definition) is 1. The van der Waals surface area contributed by atoms with Crippen molar-refractivity contribution in [1.29, 1.82) is 0 Å². The van der Waals surface area contributed by atoms with Crippen LogP contribution in [0.15, 0.2) is 12.4 Å². The zero-order valence-electron chi connectivity index (χ0n) is 11.2. The maximum Gasteiger partial charge on any atom is 0.146 e. The Balaban J connectivity index is 1.77. The van der Waals surface area contributed by atoms with Crippen molar-refractivity contribution in [3.05, 3.63) is 18.1 Å². The summed E-state index contributed by atoms with van der Waals surface area (Å²) in [5.74, 6) is 0.893. The molecule has 0 aromatic carbocycles. The van der Waals surface area contributed by atoms with E-state index in [1.54, 1.807) is 0 Å². The Bertz CT molecular complexity index is 351. The smallest absolute Gasteiger partial charge is 0.146 e. The molecular weight excluding hydrogens is 228 g/mol. The molecule has 2 rings (SSSR count). The lowest BCUT2D eigenvalue weighted by molar-refractivity contribution is 0.154. The Morgan fingerprint density at radius 2 is 2.22 bits per heavy atom. The number of anilines is 1. The number of rotatable bonds is 8. The van der Waals surface area contributed by atoms with E-state index in [0.717, 1.165) is 37.8 Å². The second kappa shape index (κ2) is 6.66. The summed E-state index contributed by atoms with van der Waals surface area (Å²) in [6, 6.07) is 0.709. The molecule has 1 aliphatic rings. The van der Waals surface area contributed by atoms with Crippen LogP contribution >= 0.6 is 0 Å². The largest absolute Gasteiger partial charge is 0.380 e. The number of aromatic nitrogens is 2. The van der Waals surface area contributed by atoms with Crippen molar-refractivity contribution < 1.29 is 4.74 Å². The predicted octanol–water partition coefficient (Wildman–Crippen LogP) is 1.20. The van der Waals surface area contributed by atoms with Crippen LogP contribution < -0.4 is 10.2 Å². The highest BCUT2D eigenvalue weighted by atomic mass is 16.5. The fourth-order valence-electron chi connectivity index (χ4n) is 1.63. The number of ether oxygens (including phenoxy) is 1. The third-order valence-electron chi connectivity index (χ3n) is 3.01. The van der Waals surface area contributed by atoms with E-state index in [1.165, 1.54) is 12.8 Å². The minimum atomic E-state index is 0.709. The number of likely N-dealkylation sites (N-methyl/N-ethyl adjacent to an activating group) is 1. The van der Waals surface area contributed by atoms with Gasteiger partial charge in [0.05, 0.1) is 24.7 Å². The summed E-state index contributed by atoms with van der Waals surface area (Å²) in [6.45, 7) is 5.13. The first-order valence-corrected chi connectivity index (χ1v) is 6.62. The molecule has 1 saturated carbocycles. The van der Waals surface area contributed by atoms with E-state index in [2.05, 4.69) is 20.2 Å². The second-order valence-corrected chi connectivity index (χ2v) is 4.64. The van der Waals surface area contributed by atoms with Crippen LogP contribution in [0.4, 0.5) is 5.82 Å². The Kier molecular flexibility index (Phi) is 4.90. The predicted molar refractivity (Wildman–Crippen MR) is 71.7 cm³/mol. The van der Waals surface area contributed by atoms with E-state index in [0.29, 0.717) is 6.04 Å². The number of hydrogen-bond acceptors (Lipinski definition) is 5. The van der Waals surface area contributed by atoms with Crippen molar-refractivity contribution in [2.45, 2.75) is 32.4 Å². The van der Waals surface area contributed by atoms with Gasteiger partial charge in [-0.3, -0.25) is 4.98 Å². The number of nitrogens with one attached hydrogen (secondary N) is 1. The third kappa shape index (κ3) is 4.23. The molecule has 5 heteroatoms. The molecule has 1 aromatic rings. The average molecular weight is 250 g/mol. The Labute approximate surface area is 109 Å². The van der Waals surface area contributed by atoms with Crippen LogP contribution in [0, 0.1) is 0 Å². The molecule has 1 aromatic heterocycles. The summed E-state index contributed by atoms with van der Waals surface area (Å²) >= 11 is 0. The van der Waals surface area contributed by atoms with Crippen molar-refractivity contribution in [1.82, 2.24) is 15.3 Å². The van der Waals surface area contributed by atoms with Crippen molar-refractivity contribution in [2.24, 2.45) is 0 Å². The molecule has 0 atom stereocenters. The highest BCUT2D eigenvalue weighted by Gasteiger charge is 2.20. The molecule has 0 amide bonds. The van der Waals surface area contributed by atoms with Gasteiger partial charge in [-0.25, -0.2) is 4.98 Å². The molecule has 1 N–H and O–H groups in total. The van der Waals surface area contributed by atoms with Gasteiger partial charge < -0.3 is 15.0 Å². The molecule has 5 nitrogen and oxygen atoms in total.